The van der Waals surface area contributed by atoms with Crippen molar-refractivity contribution >= 4 is 51.8 Å². The highest BCUT2D eigenvalue weighted by Crippen LogP contribution is 2.46. The fraction of sp³-hybridized carbons (Fsp3) is 0.429. The molecule has 1 heterocycles. The van der Waals surface area contributed by atoms with E-state index in [4.69, 9.17) is 11.6 Å². The van der Waals surface area contributed by atoms with Crippen molar-refractivity contribution in [2.24, 2.45) is 0 Å². The van der Waals surface area contributed by atoms with Crippen LogP contribution in [0.4, 0.5) is 0 Å². The van der Waals surface area contributed by atoms with Gasteiger partial charge >= 0.3 is 0 Å². The molecule has 2 aromatic rings. The van der Waals surface area contributed by atoms with E-state index in [1.807, 2.05) is 6.07 Å². The molecule has 0 aliphatic heterocycles. The Balaban J connectivity index is 2.38. The largest absolute Gasteiger partial charge is 0.362 e. The predicted molar refractivity (Wildman–Crippen MR) is 86.0 cm³/mol. The van der Waals surface area contributed by atoms with Gasteiger partial charge in [-0.15, -0.1) is 0 Å². The molecular formula is C14H17BrClNSi. The Hall–Kier alpha value is -0.253. The molecule has 3 rings (SSSR count). The summed E-state index contributed by atoms with van der Waals surface area (Å²) in [6.45, 7) is 7.19. The average Bonchev–Trinajstić information content (AvgIpc) is 3.03. The van der Waals surface area contributed by atoms with Gasteiger partial charge in [-0.25, -0.2) is 0 Å². The zero-order valence-electron chi connectivity index (χ0n) is 10.9. The van der Waals surface area contributed by atoms with E-state index < -0.39 is 8.07 Å². The highest BCUT2D eigenvalue weighted by molar-refractivity contribution is 9.10. The van der Waals surface area contributed by atoms with E-state index in [9.17, 15) is 0 Å². The molecule has 1 aliphatic rings. The Morgan fingerprint density at radius 1 is 1.28 bits per heavy atom. The summed E-state index contributed by atoms with van der Waals surface area (Å²) in [5.41, 5.74) is 2.71. The zero-order valence-corrected chi connectivity index (χ0v) is 14.2. The number of benzene rings is 1. The third-order valence-corrected chi connectivity index (χ3v) is 6.80. The molecule has 18 heavy (non-hydrogen) atoms. The van der Waals surface area contributed by atoms with E-state index in [1.165, 1.54) is 34.6 Å². The second kappa shape index (κ2) is 4.12. The summed E-state index contributed by atoms with van der Waals surface area (Å²) in [5, 5.41) is 3.61. The summed E-state index contributed by atoms with van der Waals surface area (Å²) < 4.78 is 1.000. The van der Waals surface area contributed by atoms with Crippen molar-refractivity contribution in [1.82, 2.24) is 4.98 Å². The summed E-state index contributed by atoms with van der Waals surface area (Å²) in [6.07, 6.45) is 2.63. The Kier molecular flexibility index (Phi) is 2.92. The molecule has 0 spiro atoms. The van der Waals surface area contributed by atoms with Crippen LogP contribution in [0, 0.1) is 0 Å². The second-order valence-corrected chi connectivity index (χ2v) is 12.5. The molecule has 0 radical (unpaired) electrons. The molecule has 1 aromatic carbocycles. The van der Waals surface area contributed by atoms with Gasteiger partial charge < -0.3 is 4.98 Å². The van der Waals surface area contributed by atoms with Gasteiger partial charge in [0, 0.05) is 20.7 Å². The van der Waals surface area contributed by atoms with Crippen LogP contribution in [0.3, 0.4) is 0 Å². The number of hydrogen-bond donors (Lipinski definition) is 1. The monoisotopic (exact) mass is 341 g/mol. The maximum Gasteiger partial charge on any atom is 0.0985 e. The van der Waals surface area contributed by atoms with Gasteiger partial charge in [0.2, 0.25) is 0 Å². The molecule has 0 amide bonds. The molecule has 1 aliphatic carbocycles. The number of nitrogens with one attached hydrogen (secondary N) is 1. The first-order valence-electron chi connectivity index (χ1n) is 6.39. The van der Waals surface area contributed by atoms with E-state index in [0.29, 0.717) is 0 Å². The van der Waals surface area contributed by atoms with Gasteiger partial charge in [0.15, 0.2) is 0 Å². The Morgan fingerprint density at radius 3 is 2.50 bits per heavy atom. The van der Waals surface area contributed by atoms with Gasteiger partial charge in [-0.3, -0.25) is 0 Å². The summed E-state index contributed by atoms with van der Waals surface area (Å²) in [4.78, 5) is 3.65. The third kappa shape index (κ3) is 1.96. The normalized spacial score (nSPS) is 16.5. The van der Waals surface area contributed by atoms with Crippen LogP contribution in [0.25, 0.3) is 10.9 Å². The zero-order chi connectivity index (χ0) is 13.1. The van der Waals surface area contributed by atoms with Crippen molar-refractivity contribution < 1.29 is 0 Å². The van der Waals surface area contributed by atoms with Crippen LogP contribution in [0.5, 0.6) is 0 Å². The Bertz CT molecular complexity index is 623. The first-order chi connectivity index (χ1) is 8.39. The maximum atomic E-state index is 6.52. The van der Waals surface area contributed by atoms with E-state index in [-0.39, 0.29) is 0 Å². The van der Waals surface area contributed by atoms with Crippen LogP contribution in [-0.2, 0) is 0 Å². The van der Waals surface area contributed by atoms with E-state index in [1.54, 1.807) is 0 Å². The highest BCUT2D eigenvalue weighted by Gasteiger charge is 2.34. The maximum absolute atomic E-state index is 6.52. The molecule has 96 valence electrons. The Morgan fingerprint density at radius 2 is 1.94 bits per heavy atom. The van der Waals surface area contributed by atoms with E-state index >= 15 is 0 Å². The van der Waals surface area contributed by atoms with Gasteiger partial charge in [-0.2, -0.15) is 0 Å². The topological polar surface area (TPSA) is 15.8 Å². The van der Waals surface area contributed by atoms with Gasteiger partial charge in [0.1, 0.15) is 0 Å². The van der Waals surface area contributed by atoms with Crippen molar-refractivity contribution in [1.29, 1.82) is 0 Å². The fourth-order valence-electron chi connectivity index (χ4n) is 2.62. The molecule has 4 heteroatoms. The highest BCUT2D eigenvalue weighted by atomic mass is 79.9. The smallest absolute Gasteiger partial charge is 0.0985 e. The first kappa shape index (κ1) is 12.8. The lowest BCUT2D eigenvalue weighted by Crippen LogP contribution is -2.40. The van der Waals surface area contributed by atoms with Crippen LogP contribution in [-0.4, -0.2) is 13.1 Å². The van der Waals surface area contributed by atoms with Crippen molar-refractivity contribution in [3.05, 3.63) is 27.2 Å². The molecule has 0 atom stereocenters. The van der Waals surface area contributed by atoms with Crippen LogP contribution in [0.15, 0.2) is 16.6 Å². The Labute approximate surface area is 122 Å². The van der Waals surface area contributed by atoms with Gasteiger partial charge in [-0.1, -0.05) is 31.2 Å². The molecule has 1 saturated carbocycles. The SMILES string of the molecule is C[Si](C)(C)c1[nH]c2ccc(Br)c(Cl)c2c1C1CC1. The van der Waals surface area contributed by atoms with Crippen LogP contribution >= 0.6 is 27.5 Å². The van der Waals surface area contributed by atoms with Crippen LogP contribution in [0.2, 0.25) is 24.7 Å². The van der Waals surface area contributed by atoms with Gasteiger partial charge in [0.25, 0.3) is 0 Å². The third-order valence-electron chi connectivity index (χ3n) is 3.63. The number of H-pyrrole nitrogens is 1. The molecule has 0 saturated heterocycles. The lowest BCUT2D eigenvalue weighted by molar-refractivity contribution is 1.16. The molecule has 1 fully saturated rings. The minimum Gasteiger partial charge on any atom is -0.362 e. The summed E-state index contributed by atoms with van der Waals surface area (Å²) in [5.74, 6) is 0.729. The minimum absolute atomic E-state index is 0.729. The summed E-state index contributed by atoms with van der Waals surface area (Å²) in [6, 6.07) is 4.17. The molecule has 0 unspecified atom stereocenters. The number of aromatic nitrogens is 1. The number of fused-ring (bicyclic) bond motifs is 1. The van der Waals surface area contributed by atoms with Crippen LogP contribution in [0.1, 0.15) is 24.3 Å². The van der Waals surface area contributed by atoms with E-state index in [0.717, 1.165) is 15.4 Å². The molecule has 1 aromatic heterocycles. The summed E-state index contributed by atoms with van der Waals surface area (Å²) >= 11 is 10.1. The van der Waals surface area contributed by atoms with Crippen molar-refractivity contribution in [2.75, 3.05) is 0 Å². The molecule has 0 bridgehead atoms. The lowest BCUT2D eigenvalue weighted by atomic mass is 10.1. The average molecular weight is 343 g/mol. The quantitative estimate of drug-likeness (QED) is 0.739. The molecule has 1 N–H and O–H groups in total. The van der Waals surface area contributed by atoms with Gasteiger partial charge in [0.05, 0.1) is 13.1 Å². The van der Waals surface area contributed by atoms with E-state index in [2.05, 4.69) is 46.6 Å². The van der Waals surface area contributed by atoms with Crippen LogP contribution < -0.4 is 5.32 Å². The lowest BCUT2D eigenvalue weighted by Gasteiger charge is -2.17. The number of halogens is 2. The minimum atomic E-state index is -1.35. The van der Waals surface area contributed by atoms with Crippen molar-refractivity contribution in [3.8, 4) is 0 Å². The second-order valence-electron chi connectivity index (χ2n) is 6.22. The number of rotatable bonds is 2. The number of aromatic amines is 1. The predicted octanol–water partition coefficient (Wildman–Crippen LogP) is 5.01. The molecule has 1 nitrogen and oxygen atoms in total. The fourth-order valence-corrected chi connectivity index (χ4v) is 4.86. The van der Waals surface area contributed by atoms with Crippen molar-refractivity contribution in [3.63, 3.8) is 0 Å². The summed E-state index contributed by atoms with van der Waals surface area (Å²) in [7, 11) is -1.35. The van der Waals surface area contributed by atoms with Gasteiger partial charge in [-0.05, 0) is 52.4 Å². The molecular weight excluding hydrogens is 326 g/mol. The first-order valence-corrected chi connectivity index (χ1v) is 11.1. The van der Waals surface area contributed by atoms with Crippen molar-refractivity contribution in [2.45, 2.75) is 38.4 Å². The standard InChI is InChI=1S/C14H17BrClNSi/c1-18(2,3)14-11(8-4-5-8)12-10(17-14)7-6-9(15)13(12)16/h6-8,17H,4-5H2,1-3H3. The number of hydrogen-bond acceptors (Lipinski definition) is 0.